The van der Waals surface area contributed by atoms with E-state index in [1.807, 2.05) is 13.0 Å². The van der Waals surface area contributed by atoms with Gasteiger partial charge in [-0.05, 0) is 19.1 Å². The molecule has 0 bridgehead atoms. The standard InChI is InChI=1S/C19H23N5O3/c1-14-21-16(12-17(22-14)27-2)23-8-10-24(11-9-23)18(25)13-20-19(26)15-6-4-3-5-7-15/h3-7,12H,8-11,13H2,1-2H3,(H,20,26). The van der Waals surface area contributed by atoms with Crippen LogP contribution in [0.15, 0.2) is 36.4 Å². The number of nitrogens with one attached hydrogen (secondary N) is 1. The van der Waals surface area contributed by atoms with Crippen molar-refractivity contribution in [3.8, 4) is 5.88 Å². The molecule has 1 aliphatic heterocycles. The van der Waals surface area contributed by atoms with Crippen LogP contribution in [-0.4, -0.2) is 66.5 Å². The zero-order valence-corrected chi connectivity index (χ0v) is 15.5. The molecule has 0 saturated carbocycles. The summed E-state index contributed by atoms with van der Waals surface area (Å²) in [4.78, 5) is 36.9. The first-order valence-corrected chi connectivity index (χ1v) is 8.82. The van der Waals surface area contributed by atoms with Crippen LogP contribution in [0.25, 0.3) is 0 Å². The monoisotopic (exact) mass is 369 g/mol. The van der Waals surface area contributed by atoms with Gasteiger partial charge in [-0.15, -0.1) is 0 Å². The summed E-state index contributed by atoms with van der Waals surface area (Å²) in [6.07, 6.45) is 0. The van der Waals surface area contributed by atoms with E-state index in [4.69, 9.17) is 4.74 Å². The summed E-state index contributed by atoms with van der Waals surface area (Å²) in [5.41, 5.74) is 0.545. The molecule has 8 nitrogen and oxygen atoms in total. The summed E-state index contributed by atoms with van der Waals surface area (Å²) < 4.78 is 5.19. The highest BCUT2D eigenvalue weighted by molar-refractivity contribution is 5.96. The largest absolute Gasteiger partial charge is 0.481 e. The van der Waals surface area contributed by atoms with Crippen molar-refractivity contribution in [2.75, 3.05) is 44.7 Å². The number of nitrogens with zero attached hydrogens (tertiary/aromatic N) is 4. The van der Waals surface area contributed by atoms with Gasteiger partial charge in [-0.25, -0.2) is 4.98 Å². The first-order valence-electron chi connectivity index (χ1n) is 8.82. The van der Waals surface area contributed by atoms with Gasteiger partial charge in [0, 0.05) is 37.8 Å². The Balaban J connectivity index is 1.51. The molecule has 3 rings (SSSR count). The first kappa shape index (κ1) is 18.6. The lowest BCUT2D eigenvalue weighted by atomic mass is 10.2. The summed E-state index contributed by atoms with van der Waals surface area (Å²) in [7, 11) is 1.58. The van der Waals surface area contributed by atoms with Crippen LogP contribution in [0.2, 0.25) is 0 Å². The van der Waals surface area contributed by atoms with Crippen LogP contribution >= 0.6 is 0 Å². The quantitative estimate of drug-likeness (QED) is 0.842. The van der Waals surface area contributed by atoms with Gasteiger partial charge in [0.25, 0.3) is 5.91 Å². The van der Waals surface area contributed by atoms with Gasteiger partial charge >= 0.3 is 0 Å². The van der Waals surface area contributed by atoms with Crippen LogP contribution in [0.4, 0.5) is 5.82 Å². The van der Waals surface area contributed by atoms with Gasteiger partial charge in [-0.3, -0.25) is 9.59 Å². The van der Waals surface area contributed by atoms with E-state index in [9.17, 15) is 9.59 Å². The molecule has 1 aliphatic rings. The van der Waals surface area contributed by atoms with Crippen molar-refractivity contribution in [3.63, 3.8) is 0 Å². The predicted octanol–water partition coefficient (Wildman–Crippen LogP) is 0.872. The second-order valence-corrected chi connectivity index (χ2v) is 6.23. The minimum absolute atomic E-state index is 0.00579. The number of methoxy groups -OCH3 is 1. The minimum Gasteiger partial charge on any atom is -0.481 e. The number of piperazine rings is 1. The molecule has 8 heteroatoms. The van der Waals surface area contributed by atoms with Gasteiger partial charge in [0.15, 0.2) is 0 Å². The fourth-order valence-corrected chi connectivity index (χ4v) is 2.94. The Kier molecular flexibility index (Phi) is 5.85. The van der Waals surface area contributed by atoms with Crippen LogP contribution in [-0.2, 0) is 4.79 Å². The van der Waals surface area contributed by atoms with E-state index in [-0.39, 0.29) is 18.4 Å². The number of benzene rings is 1. The summed E-state index contributed by atoms with van der Waals surface area (Å²) in [6.45, 7) is 4.29. The Morgan fingerprint density at radius 1 is 1.11 bits per heavy atom. The summed E-state index contributed by atoms with van der Waals surface area (Å²) in [5, 5.41) is 2.68. The molecule has 27 heavy (non-hydrogen) atoms. The maximum absolute atomic E-state index is 12.4. The van der Waals surface area contributed by atoms with Gasteiger partial charge in [-0.1, -0.05) is 18.2 Å². The lowest BCUT2D eigenvalue weighted by Crippen LogP contribution is -2.51. The Morgan fingerprint density at radius 3 is 2.48 bits per heavy atom. The average molecular weight is 369 g/mol. The minimum atomic E-state index is -0.244. The molecule has 0 spiro atoms. The molecule has 2 heterocycles. The van der Waals surface area contributed by atoms with Gasteiger partial charge < -0.3 is 19.9 Å². The van der Waals surface area contributed by atoms with Crippen molar-refractivity contribution >= 4 is 17.6 Å². The Hall–Kier alpha value is -3.16. The summed E-state index contributed by atoms with van der Waals surface area (Å²) >= 11 is 0. The van der Waals surface area contributed by atoms with E-state index in [1.54, 1.807) is 42.3 Å². The van der Waals surface area contributed by atoms with Crippen molar-refractivity contribution in [1.82, 2.24) is 20.2 Å². The molecule has 1 fully saturated rings. The van der Waals surface area contributed by atoms with Crippen LogP contribution < -0.4 is 15.0 Å². The van der Waals surface area contributed by atoms with Crippen molar-refractivity contribution in [2.45, 2.75) is 6.92 Å². The molecule has 2 aromatic rings. The van der Waals surface area contributed by atoms with E-state index >= 15 is 0 Å². The Labute approximate surface area is 158 Å². The second kappa shape index (κ2) is 8.48. The Bertz CT molecular complexity index is 804. The molecule has 1 saturated heterocycles. The topological polar surface area (TPSA) is 87.7 Å². The molecule has 0 aliphatic carbocycles. The smallest absolute Gasteiger partial charge is 0.251 e. The third-order valence-corrected chi connectivity index (χ3v) is 4.40. The number of hydrogen-bond donors (Lipinski definition) is 1. The zero-order valence-electron chi connectivity index (χ0n) is 15.5. The van der Waals surface area contributed by atoms with Crippen LogP contribution in [0, 0.1) is 6.92 Å². The number of hydrogen-bond acceptors (Lipinski definition) is 6. The van der Waals surface area contributed by atoms with Crippen molar-refractivity contribution in [1.29, 1.82) is 0 Å². The fourth-order valence-electron chi connectivity index (χ4n) is 2.94. The van der Waals surface area contributed by atoms with Crippen molar-refractivity contribution in [2.24, 2.45) is 0 Å². The van der Waals surface area contributed by atoms with E-state index in [2.05, 4.69) is 20.2 Å². The van der Waals surface area contributed by atoms with Crippen molar-refractivity contribution < 1.29 is 14.3 Å². The third kappa shape index (κ3) is 4.72. The maximum Gasteiger partial charge on any atom is 0.251 e. The van der Waals surface area contributed by atoms with E-state index in [0.717, 1.165) is 5.82 Å². The van der Waals surface area contributed by atoms with E-state index in [0.29, 0.717) is 43.4 Å². The molecule has 2 amide bonds. The highest BCUT2D eigenvalue weighted by atomic mass is 16.5. The molecule has 1 aromatic heterocycles. The first-order chi connectivity index (χ1) is 13.1. The molecule has 1 N–H and O–H groups in total. The van der Waals surface area contributed by atoms with Crippen molar-refractivity contribution in [3.05, 3.63) is 47.8 Å². The summed E-state index contributed by atoms with van der Waals surface area (Å²) in [6, 6.07) is 10.7. The summed E-state index contributed by atoms with van der Waals surface area (Å²) in [5.74, 6) is 1.64. The molecular formula is C19H23N5O3. The highest BCUT2D eigenvalue weighted by Gasteiger charge is 2.23. The average Bonchev–Trinajstić information content (AvgIpc) is 2.72. The number of amides is 2. The number of carbonyl (C=O) groups excluding carboxylic acids is 2. The van der Waals surface area contributed by atoms with Gasteiger partial charge in [-0.2, -0.15) is 4.98 Å². The molecule has 142 valence electrons. The van der Waals surface area contributed by atoms with E-state index in [1.165, 1.54) is 0 Å². The third-order valence-electron chi connectivity index (χ3n) is 4.40. The normalized spacial score (nSPS) is 14.0. The SMILES string of the molecule is COc1cc(N2CCN(C(=O)CNC(=O)c3ccccc3)CC2)nc(C)n1. The van der Waals surface area contributed by atoms with Crippen LogP contribution in [0.1, 0.15) is 16.2 Å². The van der Waals surface area contributed by atoms with Crippen LogP contribution in [0.3, 0.4) is 0 Å². The number of anilines is 1. The highest BCUT2D eigenvalue weighted by Crippen LogP contribution is 2.18. The number of rotatable bonds is 5. The fraction of sp³-hybridized carbons (Fsp3) is 0.368. The van der Waals surface area contributed by atoms with Gasteiger partial charge in [0.1, 0.15) is 11.6 Å². The maximum atomic E-state index is 12.4. The molecule has 1 aromatic carbocycles. The molecule has 0 radical (unpaired) electrons. The second-order valence-electron chi connectivity index (χ2n) is 6.23. The van der Waals surface area contributed by atoms with Gasteiger partial charge in [0.2, 0.25) is 11.8 Å². The van der Waals surface area contributed by atoms with Crippen LogP contribution in [0.5, 0.6) is 5.88 Å². The number of carbonyl (C=O) groups is 2. The van der Waals surface area contributed by atoms with E-state index < -0.39 is 0 Å². The lowest BCUT2D eigenvalue weighted by Gasteiger charge is -2.35. The number of ether oxygens (including phenoxy) is 1. The zero-order chi connectivity index (χ0) is 19.2. The molecule has 0 atom stereocenters. The van der Waals surface area contributed by atoms with Gasteiger partial charge in [0.05, 0.1) is 13.7 Å². The number of aromatic nitrogens is 2. The number of aryl methyl sites for hydroxylation is 1. The predicted molar refractivity (Wildman–Crippen MR) is 101 cm³/mol. The Morgan fingerprint density at radius 2 is 1.81 bits per heavy atom. The lowest BCUT2D eigenvalue weighted by molar-refractivity contribution is -0.130. The molecule has 0 unspecified atom stereocenters. The molecular weight excluding hydrogens is 346 g/mol.